The number of nitrogens with zero attached hydrogens (tertiary/aromatic N) is 3. The number of fused-ring (bicyclic) bond motifs is 1. The minimum atomic E-state index is -4.46. The molecule has 4 aromatic rings. The lowest BCUT2D eigenvalue weighted by Crippen LogP contribution is -2.06. The standard InChI is InChI=1S/C21H16F3N3O2/c1-28-18-11-15(7-9-17(18)29-13-14-5-3-2-4-6-14)20-26-25-19-10-8-16(12-27(19)20)21(22,23)24/h2-12H,13H2,1H3. The first kappa shape index (κ1) is 18.8. The quantitative estimate of drug-likeness (QED) is 0.474. The van der Waals surface area contributed by atoms with Gasteiger partial charge in [-0.1, -0.05) is 30.3 Å². The maximum Gasteiger partial charge on any atom is 0.417 e. The van der Waals surface area contributed by atoms with E-state index in [0.717, 1.165) is 17.8 Å². The monoisotopic (exact) mass is 399 g/mol. The van der Waals surface area contributed by atoms with E-state index < -0.39 is 11.7 Å². The number of hydrogen-bond donors (Lipinski definition) is 0. The first-order chi connectivity index (χ1) is 14.0. The van der Waals surface area contributed by atoms with E-state index in [1.807, 2.05) is 30.3 Å². The third kappa shape index (κ3) is 3.87. The molecule has 0 N–H and O–H groups in total. The van der Waals surface area contributed by atoms with Gasteiger partial charge in [0, 0.05) is 11.8 Å². The second-order valence-corrected chi connectivity index (χ2v) is 6.31. The number of pyridine rings is 1. The zero-order chi connectivity index (χ0) is 20.4. The van der Waals surface area contributed by atoms with Crippen LogP contribution in [-0.2, 0) is 12.8 Å². The van der Waals surface area contributed by atoms with Gasteiger partial charge >= 0.3 is 6.18 Å². The SMILES string of the molecule is COc1cc(-c2nnc3ccc(C(F)(F)F)cn23)ccc1OCc1ccccc1. The van der Waals surface area contributed by atoms with Gasteiger partial charge in [0.05, 0.1) is 12.7 Å². The van der Waals surface area contributed by atoms with Crippen molar-refractivity contribution in [1.82, 2.24) is 14.6 Å². The van der Waals surface area contributed by atoms with E-state index in [9.17, 15) is 13.2 Å². The molecule has 2 aromatic heterocycles. The van der Waals surface area contributed by atoms with E-state index in [4.69, 9.17) is 9.47 Å². The number of hydrogen-bond acceptors (Lipinski definition) is 4. The summed E-state index contributed by atoms with van der Waals surface area (Å²) in [7, 11) is 1.50. The molecule has 0 aliphatic carbocycles. The Bertz CT molecular complexity index is 1140. The van der Waals surface area contributed by atoms with Crippen molar-refractivity contribution in [2.45, 2.75) is 12.8 Å². The molecule has 2 heterocycles. The molecule has 0 spiro atoms. The molecule has 0 saturated carbocycles. The van der Waals surface area contributed by atoms with E-state index >= 15 is 0 Å². The van der Waals surface area contributed by atoms with Gasteiger partial charge in [0.1, 0.15) is 6.61 Å². The Morgan fingerprint density at radius 2 is 1.72 bits per heavy atom. The van der Waals surface area contributed by atoms with Crippen molar-refractivity contribution in [3.8, 4) is 22.9 Å². The Morgan fingerprint density at radius 1 is 0.931 bits per heavy atom. The lowest BCUT2D eigenvalue weighted by atomic mass is 10.2. The molecule has 0 fully saturated rings. The predicted molar refractivity (Wildman–Crippen MR) is 101 cm³/mol. The fraction of sp³-hybridized carbons (Fsp3) is 0.143. The van der Waals surface area contributed by atoms with Crippen molar-refractivity contribution >= 4 is 5.65 Å². The van der Waals surface area contributed by atoms with Gasteiger partial charge in [-0.15, -0.1) is 10.2 Å². The molecule has 0 aliphatic rings. The van der Waals surface area contributed by atoms with Gasteiger partial charge in [-0.2, -0.15) is 13.2 Å². The smallest absolute Gasteiger partial charge is 0.417 e. The first-order valence-corrected chi connectivity index (χ1v) is 8.73. The third-order valence-corrected chi connectivity index (χ3v) is 4.39. The molecule has 0 bridgehead atoms. The average molecular weight is 399 g/mol. The molecular formula is C21H16F3N3O2. The van der Waals surface area contributed by atoms with Crippen LogP contribution in [0.4, 0.5) is 13.2 Å². The summed E-state index contributed by atoms with van der Waals surface area (Å²) < 4.78 is 51.7. The number of benzene rings is 2. The third-order valence-electron chi connectivity index (χ3n) is 4.39. The van der Waals surface area contributed by atoms with E-state index in [-0.39, 0.29) is 5.82 Å². The van der Waals surface area contributed by atoms with Crippen molar-refractivity contribution in [3.05, 3.63) is 78.0 Å². The van der Waals surface area contributed by atoms with Crippen LogP contribution in [0.1, 0.15) is 11.1 Å². The van der Waals surface area contributed by atoms with Crippen LogP contribution in [0, 0.1) is 0 Å². The first-order valence-electron chi connectivity index (χ1n) is 8.73. The van der Waals surface area contributed by atoms with Gasteiger partial charge in [-0.3, -0.25) is 4.40 Å². The van der Waals surface area contributed by atoms with Crippen LogP contribution >= 0.6 is 0 Å². The molecule has 8 heteroatoms. The number of rotatable bonds is 5. The fourth-order valence-corrected chi connectivity index (χ4v) is 2.92. The van der Waals surface area contributed by atoms with E-state index in [1.165, 1.54) is 17.6 Å². The molecule has 0 saturated heterocycles. The summed E-state index contributed by atoms with van der Waals surface area (Å²) in [5.74, 6) is 1.24. The number of aromatic nitrogens is 3. The van der Waals surface area contributed by atoms with Gasteiger partial charge < -0.3 is 9.47 Å². The van der Waals surface area contributed by atoms with E-state index in [1.54, 1.807) is 18.2 Å². The molecule has 4 rings (SSSR count). The summed E-state index contributed by atoms with van der Waals surface area (Å²) in [4.78, 5) is 0. The van der Waals surface area contributed by atoms with Crippen LogP contribution in [0.5, 0.6) is 11.5 Å². The highest BCUT2D eigenvalue weighted by Crippen LogP contribution is 2.34. The van der Waals surface area contributed by atoms with Crippen molar-refractivity contribution < 1.29 is 22.6 Å². The molecule has 0 aliphatic heterocycles. The Kier molecular flexibility index (Phi) is 4.84. The number of halogens is 3. The van der Waals surface area contributed by atoms with Crippen LogP contribution < -0.4 is 9.47 Å². The minimum absolute atomic E-state index is 0.277. The van der Waals surface area contributed by atoms with Crippen LogP contribution in [0.15, 0.2) is 66.9 Å². The summed E-state index contributed by atoms with van der Waals surface area (Å²) in [6, 6.07) is 17.0. The highest BCUT2D eigenvalue weighted by Gasteiger charge is 2.31. The largest absolute Gasteiger partial charge is 0.493 e. The van der Waals surface area contributed by atoms with Crippen LogP contribution in [0.25, 0.3) is 17.0 Å². The van der Waals surface area contributed by atoms with Crippen LogP contribution in [0.3, 0.4) is 0 Å². The summed E-state index contributed by atoms with van der Waals surface area (Å²) in [5, 5.41) is 7.98. The van der Waals surface area contributed by atoms with Crippen LogP contribution in [0.2, 0.25) is 0 Å². The summed E-state index contributed by atoms with van der Waals surface area (Å²) in [6.07, 6.45) is -3.47. The summed E-state index contributed by atoms with van der Waals surface area (Å²) in [5.41, 5.74) is 1.10. The van der Waals surface area contributed by atoms with E-state index in [2.05, 4.69) is 10.2 Å². The molecule has 148 valence electrons. The topological polar surface area (TPSA) is 48.7 Å². The second kappa shape index (κ2) is 7.46. The molecule has 0 unspecified atom stereocenters. The normalized spacial score (nSPS) is 11.6. The minimum Gasteiger partial charge on any atom is -0.493 e. The summed E-state index contributed by atoms with van der Waals surface area (Å²) >= 11 is 0. The van der Waals surface area contributed by atoms with Crippen molar-refractivity contribution in [2.24, 2.45) is 0 Å². The van der Waals surface area contributed by atoms with Crippen molar-refractivity contribution in [1.29, 1.82) is 0 Å². The molecule has 5 nitrogen and oxygen atoms in total. The highest BCUT2D eigenvalue weighted by molar-refractivity contribution is 5.64. The molecule has 29 heavy (non-hydrogen) atoms. The lowest BCUT2D eigenvalue weighted by Gasteiger charge is -2.12. The van der Waals surface area contributed by atoms with Gasteiger partial charge in [0.15, 0.2) is 23.0 Å². The zero-order valence-corrected chi connectivity index (χ0v) is 15.3. The molecule has 0 amide bonds. The Morgan fingerprint density at radius 3 is 2.45 bits per heavy atom. The van der Waals surface area contributed by atoms with Gasteiger partial charge in [-0.25, -0.2) is 0 Å². The molecule has 0 radical (unpaired) electrons. The van der Waals surface area contributed by atoms with Gasteiger partial charge in [0.25, 0.3) is 0 Å². The van der Waals surface area contributed by atoms with Crippen molar-refractivity contribution in [2.75, 3.05) is 7.11 Å². The number of alkyl halides is 3. The van der Waals surface area contributed by atoms with Crippen LogP contribution in [-0.4, -0.2) is 21.7 Å². The predicted octanol–water partition coefficient (Wildman–Crippen LogP) is 5.00. The maximum absolute atomic E-state index is 13.1. The lowest BCUT2D eigenvalue weighted by molar-refractivity contribution is -0.137. The Hall–Kier alpha value is -3.55. The maximum atomic E-state index is 13.1. The average Bonchev–Trinajstić information content (AvgIpc) is 3.15. The summed E-state index contributed by atoms with van der Waals surface area (Å²) in [6.45, 7) is 0.360. The Labute approximate surface area is 164 Å². The molecule has 0 atom stereocenters. The molecule has 2 aromatic carbocycles. The highest BCUT2D eigenvalue weighted by atomic mass is 19.4. The Balaban J connectivity index is 1.67. The zero-order valence-electron chi connectivity index (χ0n) is 15.3. The van der Waals surface area contributed by atoms with E-state index in [0.29, 0.717) is 29.3 Å². The number of methoxy groups -OCH3 is 1. The second-order valence-electron chi connectivity index (χ2n) is 6.31. The molecular weight excluding hydrogens is 383 g/mol. The van der Waals surface area contributed by atoms with Crippen molar-refractivity contribution in [3.63, 3.8) is 0 Å². The fourth-order valence-electron chi connectivity index (χ4n) is 2.92. The number of ether oxygens (including phenoxy) is 2. The van der Waals surface area contributed by atoms with Gasteiger partial charge in [0.2, 0.25) is 0 Å². The van der Waals surface area contributed by atoms with Gasteiger partial charge in [-0.05, 0) is 35.9 Å².